The summed E-state index contributed by atoms with van der Waals surface area (Å²) in [4.78, 5) is 4.34. The molecule has 0 bridgehead atoms. The topological polar surface area (TPSA) is 64.1 Å². The van der Waals surface area contributed by atoms with E-state index in [0.29, 0.717) is 25.2 Å². The second-order valence-electron chi connectivity index (χ2n) is 6.97. The third kappa shape index (κ3) is 6.50. The number of nitrogens with one attached hydrogen (secondary N) is 2. The van der Waals surface area contributed by atoms with Crippen LogP contribution in [0.2, 0.25) is 0 Å². The number of aryl methyl sites for hydroxylation is 1. The minimum absolute atomic E-state index is 0.381. The summed E-state index contributed by atoms with van der Waals surface area (Å²) in [6.07, 6.45) is 3.62. The largest absolute Gasteiger partial charge is 0.491 e. The van der Waals surface area contributed by atoms with E-state index in [-0.39, 0.29) is 0 Å². The molecule has 0 unspecified atom stereocenters. The number of rotatable bonds is 11. The first-order chi connectivity index (χ1) is 12.6. The van der Waals surface area contributed by atoms with Gasteiger partial charge in [0.1, 0.15) is 12.4 Å². The lowest BCUT2D eigenvalue weighted by Crippen LogP contribution is -2.40. The zero-order valence-electron chi connectivity index (χ0n) is 16.6. The zero-order valence-corrected chi connectivity index (χ0v) is 16.6. The second kappa shape index (κ2) is 10.4. The van der Waals surface area contributed by atoms with Crippen molar-refractivity contribution >= 4 is 5.96 Å². The van der Waals surface area contributed by atoms with Crippen molar-refractivity contribution in [3.63, 3.8) is 0 Å². The Bertz CT molecular complexity index is 586. The van der Waals surface area contributed by atoms with Crippen LogP contribution < -0.4 is 15.4 Å². The summed E-state index contributed by atoms with van der Waals surface area (Å²) in [5.41, 5.74) is 2.67. The Labute approximate surface area is 157 Å². The molecule has 1 saturated carbocycles. The van der Waals surface area contributed by atoms with Crippen LogP contribution >= 0.6 is 0 Å². The van der Waals surface area contributed by atoms with Gasteiger partial charge in [-0.25, -0.2) is 0 Å². The van der Waals surface area contributed by atoms with Gasteiger partial charge in [-0.15, -0.1) is 0 Å². The molecule has 2 N–H and O–H groups in total. The van der Waals surface area contributed by atoms with Crippen LogP contribution in [0.1, 0.15) is 30.4 Å². The molecule has 6 heteroatoms. The van der Waals surface area contributed by atoms with Crippen LogP contribution in [0.5, 0.6) is 5.75 Å². The van der Waals surface area contributed by atoms with Crippen molar-refractivity contribution in [2.45, 2.75) is 32.7 Å². The Hall–Kier alpha value is -1.79. The van der Waals surface area contributed by atoms with Crippen molar-refractivity contribution in [2.75, 3.05) is 47.6 Å². The molecule has 0 heterocycles. The van der Waals surface area contributed by atoms with Gasteiger partial charge in [0, 0.05) is 46.5 Å². The lowest BCUT2D eigenvalue weighted by Gasteiger charge is -2.19. The fourth-order valence-corrected chi connectivity index (χ4v) is 2.86. The lowest BCUT2D eigenvalue weighted by molar-refractivity contribution is 0.145. The van der Waals surface area contributed by atoms with Crippen molar-refractivity contribution in [1.29, 1.82) is 0 Å². The standard InChI is InChI=1S/C20H33N3O3/c1-16-5-6-17(18(13-16)26-12-11-25-4)14-22-19(21-2)23-15-20(7-8-20)9-10-24-3/h5-6,13H,7-12,14-15H2,1-4H3,(H2,21,22,23). The van der Waals surface area contributed by atoms with Crippen molar-refractivity contribution < 1.29 is 14.2 Å². The molecular formula is C20H33N3O3. The molecule has 0 radical (unpaired) electrons. The Morgan fingerprint density at radius 3 is 2.54 bits per heavy atom. The molecule has 1 aliphatic carbocycles. The van der Waals surface area contributed by atoms with Gasteiger partial charge in [-0.3, -0.25) is 4.99 Å². The van der Waals surface area contributed by atoms with E-state index in [4.69, 9.17) is 14.2 Å². The third-order valence-electron chi connectivity index (χ3n) is 4.86. The highest BCUT2D eigenvalue weighted by atomic mass is 16.5. The van der Waals surface area contributed by atoms with Crippen LogP contribution in [-0.4, -0.2) is 53.6 Å². The Morgan fingerprint density at radius 1 is 1.12 bits per heavy atom. The monoisotopic (exact) mass is 363 g/mol. The van der Waals surface area contributed by atoms with Crippen LogP contribution in [0.4, 0.5) is 0 Å². The van der Waals surface area contributed by atoms with Crippen molar-refractivity contribution in [3.8, 4) is 5.75 Å². The minimum atomic E-state index is 0.381. The number of guanidine groups is 1. The molecule has 26 heavy (non-hydrogen) atoms. The van der Waals surface area contributed by atoms with Gasteiger partial charge in [0.15, 0.2) is 5.96 Å². The molecule has 0 atom stereocenters. The normalized spacial score (nSPS) is 15.6. The molecule has 0 spiro atoms. The summed E-state index contributed by atoms with van der Waals surface area (Å²) in [5, 5.41) is 6.85. The zero-order chi connectivity index (χ0) is 18.8. The third-order valence-corrected chi connectivity index (χ3v) is 4.86. The van der Waals surface area contributed by atoms with Crippen LogP contribution in [0.25, 0.3) is 0 Å². The van der Waals surface area contributed by atoms with Crippen LogP contribution in [0.15, 0.2) is 23.2 Å². The molecule has 0 saturated heterocycles. The number of benzene rings is 1. The Kier molecular flexibility index (Phi) is 8.19. The van der Waals surface area contributed by atoms with E-state index in [0.717, 1.165) is 36.8 Å². The fourth-order valence-electron chi connectivity index (χ4n) is 2.86. The first kappa shape index (κ1) is 20.5. The Balaban J connectivity index is 1.86. The van der Waals surface area contributed by atoms with Crippen molar-refractivity contribution in [3.05, 3.63) is 29.3 Å². The summed E-state index contributed by atoms with van der Waals surface area (Å²) in [6, 6.07) is 6.26. The summed E-state index contributed by atoms with van der Waals surface area (Å²) < 4.78 is 16.1. The quantitative estimate of drug-likeness (QED) is 0.359. The molecule has 1 fully saturated rings. The maximum Gasteiger partial charge on any atom is 0.191 e. The van der Waals surface area contributed by atoms with Gasteiger partial charge in [-0.1, -0.05) is 12.1 Å². The number of aliphatic imine (C=N–C) groups is 1. The first-order valence-corrected chi connectivity index (χ1v) is 9.27. The smallest absolute Gasteiger partial charge is 0.191 e. The number of methoxy groups -OCH3 is 2. The maximum atomic E-state index is 5.85. The minimum Gasteiger partial charge on any atom is -0.491 e. The van der Waals surface area contributed by atoms with E-state index in [1.54, 1.807) is 21.3 Å². The van der Waals surface area contributed by atoms with E-state index in [9.17, 15) is 0 Å². The second-order valence-corrected chi connectivity index (χ2v) is 6.97. The summed E-state index contributed by atoms with van der Waals surface area (Å²) >= 11 is 0. The SMILES string of the molecule is CN=C(NCc1ccc(C)cc1OCCOC)NCC1(CCOC)CC1. The van der Waals surface area contributed by atoms with Gasteiger partial charge in [0.05, 0.1) is 6.61 Å². The van der Waals surface area contributed by atoms with Crippen molar-refractivity contribution in [1.82, 2.24) is 10.6 Å². The fraction of sp³-hybridized carbons (Fsp3) is 0.650. The molecule has 1 aromatic carbocycles. The molecule has 6 nitrogen and oxygen atoms in total. The van der Waals surface area contributed by atoms with Gasteiger partial charge in [-0.05, 0) is 43.2 Å². The highest BCUT2D eigenvalue weighted by molar-refractivity contribution is 5.79. The summed E-state index contributed by atoms with van der Waals surface area (Å²) in [7, 11) is 5.24. The van der Waals surface area contributed by atoms with Crippen molar-refractivity contribution in [2.24, 2.45) is 10.4 Å². The molecule has 1 aliphatic rings. The van der Waals surface area contributed by atoms with Gasteiger partial charge in [0.25, 0.3) is 0 Å². The van der Waals surface area contributed by atoms with E-state index in [1.165, 1.54) is 18.4 Å². The molecular weight excluding hydrogens is 330 g/mol. The Morgan fingerprint density at radius 2 is 1.88 bits per heavy atom. The number of hydrogen-bond acceptors (Lipinski definition) is 4. The van der Waals surface area contributed by atoms with Crippen LogP contribution in [0, 0.1) is 12.3 Å². The average Bonchev–Trinajstić information content (AvgIpc) is 3.42. The van der Waals surface area contributed by atoms with E-state index >= 15 is 0 Å². The maximum absolute atomic E-state index is 5.85. The summed E-state index contributed by atoms with van der Waals surface area (Å²) in [5.74, 6) is 1.71. The van der Waals surface area contributed by atoms with E-state index in [2.05, 4.69) is 40.7 Å². The van der Waals surface area contributed by atoms with E-state index < -0.39 is 0 Å². The number of hydrogen-bond donors (Lipinski definition) is 2. The molecule has 2 rings (SSSR count). The number of nitrogens with zero attached hydrogens (tertiary/aromatic N) is 1. The van der Waals surface area contributed by atoms with Gasteiger partial charge >= 0.3 is 0 Å². The predicted molar refractivity (Wildman–Crippen MR) is 105 cm³/mol. The predicted octanol–water partition coefficient (Wildman–Crippen LogP) is 2.50. The molecule has 146 valence electrons. The van der Waals surface area contributed by atoms with E-state index in [1.807, 2.05) is 0 Å². The molecule has 0 aromatic heterocycles. The highest BCUT2D eigenvalue weighted by Crippen LogP contribution is 2.48. The first-order valence-electron chi connectivity index (χ1n) is 9.27. The van der Waals surface area contributed by atoms with Gasteiger partial charge in [0.2, 0.25) is 0 Å². The van der Waals surface area contributed by atoms with Gasteiger partial charge < -0.3 is 24.8 Å². The lowest BCUT2D eigenvalue weighted by atomic mass is 10.0. The molecule has 1 aromatic rings. The number of ether oxygens (including phenoxy) is 3. The summed E-state index contributed by atoms with van der Waals surface area (Å²) in [6.45, 7) is 5.60. The van der Waals surface area contributed by atoms with Crippen LogP contribution in [0.3, 0.4) is 0 Å². The highest BCUT2D eigenvalue weighted by Gasteiger charge is 2.41. The van der Waals surface area contributed by atoms with Crippen LogP contribution in [-0.2, 0) is 16.0 Å². The van der Waals surface area contributed by atoms with Gasteiger partial charge in [-0.2, -0.15) is 0 Å². The molecule has 0 amide bonds. The molecule has 0 aliphatic heterocycles. The average molecular weight is 364 g/mol.